The molecule has 9 heteroatoms. The Morgan fingerprint density at radius 1 is 1.44 bits per heavy atom. The summed E-state index contributed by atoms with van der Waals surface area (Å²) in [6.07, 6.45) is 2.91. The van der Waals surface area contributed by atoms with Gasteiger partial charge in [0.15, 0.2) is 5.82 Å². The van der Waals surface area contributed by atoms with Crippen molar-refractivity contribution in [3.63, 3.8) is 0 Å². The van der Waals surface area contributed by atoms with E-state index in [9.17, 15) is 8.42 Å². The molecule has 0 fully saturated rings. The van der Waals surface area contributed by atoms with Crippen LogP contribution in [-0.4, -0.2) is 28.2 Å². The Morgan fingerprint density at radius 3 is 2.83 bits per heavy atom. The Kier molecular flexibility index (Phi) is 3.60. The Labute approximate surface area is 109 Å². The first-order valence-electron chi connectivity index (χ1n) is 4.94. The number of nitrogens with one attached hydrogen (secondary N) is 1. The molecule has 0 aliphatic rings. The first kappa shape index (κ1) is 12.9. The number of nitrogens with zero attached hydrogens (tertiary/aromatic N) is 4. The van der Waals surface area contributed by atoms with Crippen LogP contribution in [0.25, 0.3) is 0 Å². The summed E-state index contributed by atoms with van der Waals surface area (Å²) in [5.74, 6) is 0.376. The predicted octanol–water partition coefficient (Wildman–Crippen LogP) is 0.342. The highest BCUT2D eigenvalue weighted by atomic mass is 35.5. The quantitative estimate of drug-likeness (QED) is 0.819. The maximum absolute atomic E-state index is 11.9. The number of hydrogen-bond donors (Lipinski definition) is 1. The van der Waals surface area contributed by atoms with Crippen LogP contribution >= 0.6 is 11.6 Å². The summed E-state index contributed by atoms with van der Waals surface area (Å²) in [7, 11) is -2.02. The summed E-state index contributed by atoms with van der Waals surface area (Å²) in [6.45, 7) is -0.00556. The van der Waals surface area contributed by atoms with E-state index in [-0.39, 0.29) is 16.6 Å². The molecule has 2 aromatic heterocycles. The molecule has 0 radical (unpaired) electrons. The maximum Gasteiger partial charge on any atom is 0.244 e. The number of pyridine rings is 1. The third-order valence-electron chi connectivity index (χ3n) is 2.08. The van der Waals surface area contributed by atoms with E-state index in [2.05, 4.69) is 19.8 Å². The summed E-state index contributed by atoms with van der Waals surface area (Å²) < 4.78 is 27.7. The monoisotopic (exact) mass is 287 g/mol. The van der Waals surface area contributed by atoms with E-state index < -0.39 is 10.0 Å². The molecule has 2 heterocycles. The molecule has 96 valence electrons. The molecule has 0 amide bonds. The van der Waals surface area contributed by atoms with E-state index in [1.54, 1.807) is 7.05 Å². The van der Waals surface area contributed by atoms with E-state index in [0.29, 0.717) is 5.82 Å². The number of aromatic nitrogens is 4. The molecule has 0 bridgehead atoms. The standard InChI is InChI=1S/C9H10ClN5O2S/c1-15-6-12-8(14-15)5-13-18(16,17)7-3-2-4-11-9(7)10/h2-4,6,13H,5H2,1H3. The Bertz CT molecular complexity index is 654. The fraction of sp³-hybridized carbons (Fsp3) is 0.222. The molecule has 0 aromatic carbocycles. The number of halogens is 1. The van der Waals surface area contributed by atoms with Crippen molar-refractivity contribution in [2.75, 3.05) is 0 Å². The average Bonchev–Trinajstić information content (AvgIpc) is 2.73. The number of rotatable bonds is 4. The molecule has 2 aromatic rings. The molecule has 0 aliphatic heterocycles. The summed E-state index contributed by atoms with van der Waals surface area (Å²) in [5, 5.41) is 3.89. The van der Waals surface area contributed by atoms with Crippen molar-refractivity contribution in [2.24, 2.45) is 7.05 Å². The summed E-state index contributed by atoms with van der Waals surface area (Å²) >= 11 is 5.73. The molecule has 0 atom stereocenters. The van der Waals surface area contributed by atoms with Gasteiger partial charge >= 0.3 is 0 Å². The van der Waals surface area contributed by atoms with Crippen LogP contribution in [0.5, 0.6) is 0 Å². The minimum absolute atomic E-state index is 0.00556. The third kappa shape index (κ3) is 2.84. The van der Waals surface area contributed by atoms with Crippen molar-refractivity contribution in [3.8, 4) is 0 Å². The lowest BCUT2D eigenvalue weighted by molar-refractivity contribution is 0.578. The van der Waals surface area contributed by atoms with Crippen molar-refractivity contribution in [1.82, 2.24) is 24.5 Å². The molecule has 0 saturated heterocycles. The van der Waals surface area contributed by atoms with Crippen molar-refractivity contribution in [1.29, 1.82) is 0 Å². The molecule has 0 spiro atoms. The van der Waals surface area contributed by atoms with Gasteiger partial charge in [-0.3, -0.25) is 4.68 Å². The number of sulfonamides is 1. The molecule has 0 unspecified atom stereocenters. The Morgan fingerprint density at radius 2 is 2.22 bits per heavy atom. The van der Waals surface area contributed by atoms with E-state index in [0.717, 1.165) is 0 Å². The van der Waals surface area contributed by atoms with Crippen LogP contribution in [0.4, 0.5) is 0 Å². The van der Waals surface area contributed by atoms with Crippen LogP contribution in [-0.2, 0) is 23.6 Å². The number of aryl methyl sites for hydroxylation is 1. The first-order valence-corrected chi connectivity index (χ1v) is 6.80. The Hall–Kier alpha value is -1.51. The van der Waals surface area contributed by atoms with Crippen LogP contribution in [0.2, 0.25) is 5.15 Å². The van der Waals surface area contributed by atoms with Crippen molar-refractivity contribution in [2.45, 2.75) is 11.4 Å². The molecule has 7 nitrogen and oxygen atoms in total. The van der Waals surface area contributed by atoms with E-state index in [1.807, 2.05) is 0 Å². The van der Waals surface area contributed by atoms with Crippen LogP contribution in [0, 0.1) is 0 Å². The summed E-state index contributed by atoms with van der Waals surface area (Å²) in [4.78, 5) is 7.56. The lowest BCUT2D eigenvalue weighted by atomic mass is 10.5. The zero-order valence-corrected chi connectivity index (χ0v) is 11.0. The normalized spacial score (nSPS) is 11.7. The molecule has 0 aliphatic carbocycles. The molecular formula is C9H10ClN5O2S. The molecule has 1 N–H and O–H groups in total. The van der Waals surface area contributed by atoms with Crippen LogP contribution < -0.4 is 4.72 Å². The topological polar surface area (TPSA) is 89.8 Å². The van der Waals surface area contributed by atoms with Crippen molar-refractivity contribution >= 4 is 21.6 Å². The van der Waals surface area contributed by atoms with Gasteiger partial charge in [0.25, 0.3) is 0 Å². The largest absolute Gasteiger partial charge is 0.256 e. The summed E-state index contributed by atoms with van der Waals surface area (Å²) in [6, 6.07) is 2.88. The highest BCUT2D eigenvalue weighted by molar-refractivity contribution is 7.89. The zero-order valence-electron chi connectivity index (χ0n) is 9.41. The van der Waals surface area contributed by atoms with Gasteiger partial charge in [0.2, 0.25) is 10.0 Å². The highest BCUT2D eigenvalue weighted by Gasteiger charge is 2.18. The van der Waals surface area contributed by atoms with E-state index in [4.69, 9.17) is 11.6 Å². The second kappa shape index (κ2) is 5.01. The van der Waals surface area contributed by atoms with Gasteiger partial charge in [-0.25, -0.2) is 23.1 Å². The SMILES string of the molecule is Cn1cnc(CNS(=O)(=O)c2cccnc2Cl)n1. The lowest BCUT2D eigenvalue weighted by Crippen LogP contribution is -2.24. The van der Waals surface area contributed by atoms with Gasteiger partial charge in [-0.1, -0.05) is 11.6 Å². The third-order valence-corrected chi connectivity index (χ3v) is 3.93. The van der Waals surface area contributed by atoms with Crippen LogP contribution in [0.3, 0.4) is 0 Å². The van der Waals surface area contributed by atoms with Crippen LogP contribution in [0.1, 0.15) is 5.82 Å². The zero-order chi connectivity index (χ0) is 13.2. The van der Waals surface area contributed by atoms with Gasteiger partial charge in [0, 0.05) is 13.2 Å². The maximum atomic E-state index is 11.9. The van der Waals surface area contributed by atoms with Crippen molar-refractivity contribution in [3.05, 3.63) is 35.6 Å². The fourth-order valence-corrected chi connectivity index (χ4v) is 2.70. The average molecular weight is 288 g/mol. The summed E-state index contributed by atoms with van der Waals surface area (Å²) in [5.41, 5.74) is 0. The van der Waals surface area contributed by atoms with Gasteiger partial charge in [0.1, 0.15) is 16.4 Å². The minimum atomic E-state index is -3.71. The van der Waals surface area contributed by atoms with Gasteiger partial charge < -0.3 is 0 Å². The first-order chi connectivity index (χ1) is 8.49. The number of hydrogen-bond acceptors (Lipinski definition) is 5. The van der Waals surface area contributed by atoms with Gasteiger partial charge in [-0.15, -0.1) is 0 Å². The van der Waals surface area contributed by atoms with Crippen molar-refractivity contribution < 1.29 is 8.42 Å². The predicted molar refractivity (Wildman–Crippen MR) is 64.3 cm³/mol. The van der Waals surface area contributed by atoms with E-state index in [1.165, 1.54) is 29.3 Å². The minimum Gasteiger partial charge on any atom is -0.256 e. The van der Waals surface area contributed by atoms with Crippen LogP contribution in [0.15, 0.2) is 29.6 Å². The van der Waals surface area contributed by atoms with Gasteiger partial charge in [-0.05, 0) is 12.1 Å². The Balaban J connectivity index is 2.16. The second-order valence-electron chi connectivity index (χ2n) is 3.45. The molecule has 2 rings (SSSR count). The molecule has 18 heavy (non-hydrogen) atoms. The van der Waals surface area contributed by atoms with Gasteiger partial charge in [-0.2, -0.15) is 5.10 Å². The van der Waals surface area contributed by atoms with E-state index >= 15 is 0 Å². The highest BCUT2D eigenvalue weighted by Crippen LogP contribution is 2.17. The fourth-order valence-electron chi connectivity index (χ4n) is 1.27. The smallest absolute Gasteiger partial charge is 0.244 e. The lowest BCUT2D eigenvalue weighted by Gasteiger charge is -2.05. The molecular weight excluding hydrogens is 278 g/mol. The molecule has 0 saturated carbocycles. The second-order valence-corrected chi connectivity index (χ2v) is 5.54. The van der Waals surface area contributed by atoms with Gasteiger partial charge in [0.05, 0.1) is 6.54 Å².